The highest BCUT2D eigenvalue weighted by Crippen LogP contribution is 2.39. The van der Waals surface area contributed by atoms with Crippen LogP contribution in [0.2, 0.25) is 0 Å². The van der Waals surface area contributed by atoms with Gasteiger partial charge in [0.1, 0.15) is 22.5 Å². The molecular weight excluding hydrogens is 454 g/mol. The van der Waals surface area contributed by atoms with Gasteiger partial charge in [-0.1, -0.05) is 0 Å². The van der Waals surface area contributed by atoms with Crippen molar-refractivity contribution in [2.24, 2.45) is 5.73 Å². The maximum absolute atomic E-state index is 12.8. The number of hydrogen-bond donors (Lipinski definition) is 2. The first-order chi connectivity index (χ1) is 14.6. The van der Waals surface area contributed by atoms with Gasteiger partial charge in [0.05, 0.1) is 30.8 Å². The Balaban J connectivity index is 0.00000272. The number of rotatable bonds is 7. The molecular formula is C22H24ClN3O3S2. The molecule has 1 fully saturated rings. The van der Waals surface area contributed by atoms with Crippen molar-refractivity contribution in [3.63, 3.8) is 0 Å². The quantitative estimate of drug-likeness (QED) is 0.528. The predicted octanol–water partition coefficient (Wildman–Crippen LogP) is 4.15. The number of methoxy groups -OCH3 is 2. The average Bonchev–Trinajstić information content (AvgIpc) is 3.49. The molecule has 1 aliphatic rings. The molecule has 1 saturated heterocycles. The number of thioether (sulfide) groups is 1. The molecule has 1 aliphatic heterocycles. The summed E-state index contributed by atoms with van der Waals surface area (Å²) in [6, 6.07) is 14.6. The maximum Gasteiger partial charge on any atom is 0.174 e. The zero-order chi connectivity index (χ0) is 21.1. The highest BCUT2D eigenvalue weighted by Gasteiger charge is 2.31. The van der Waals surface area contributed by atoms with Gasteiger partial charge >= 0.3 is 0 Å². The van der Waals surface area contributed by atoms with Gasteiger partial charge in [-0.25, -0.2) is 4.98 Å². The fourth-order valence-electron chi connectivity index (χ4n) is 3.27. The fourth-order valence-corrected chi connectivity index (χ4v) is 5.33. The monoisotopic (exact) mass is 477 g/mol. The molecule has 2 atom stereocenters. The lowest BCUT2D eigenvalue weighted by atomic mass is 10.1. The van der Waals surface area contributed by atoms with Gasteiger partial charge in [-0.2, -0.15) is 0 Å². The molecule has 0 amide bonds. The standard InChI is InChI=1S/C22H23N3O3S2.ClH/c1-27-15-7-3-13(4-8-15)19-21(14-5-9-16(28-2)10-6-14)30-22(25-19)18(23)20(26)17-11-29-12-24-17;/h3-10,17-18,24H,11-12,23H2,1-2H3;1H. The molecule has 0 radical (unpaired) electrons. The van der Waals surface area contributed by atoms with Crippen LogP contribution in [0.1, 0.15) is 11.0 Å². The summed E-state index contributed by atoms with van der Waals surface area (Å²) in [6.07, 6.45) is 0. The fraction of sp³-hybridized carbons (Fsp3) is 0.273. The van der Waals surface area contributed by atoms with E-state index in [1.54, 1.807) is 26.0 Å². The summed E-state index contributed by atoms with van der Waals surface area (Å²) in [7, 11) is 3.28. The van der Waals surface area contributed by atoms with Gasteiger partial charge in [0.2, 0.25) is 0 Å². The molecule has 4 rings (SSSR count). The Hall–Kier alpha value is -2.10. The molecule has 164 valence electrons. The number of hydrogen-bond acceptors (Lipinski definition) is 8. The molecule has 6 nitrogen and oxygen atoms in total. The zero-order valence-corrected chi connectivity index (χ0v) is 19.6. The number of Topliss-reactive ketones (excluding diaryl/α,β-unsaturated/α-hetero) is 1. The van der Waals surface area contributed by atoms with Crippen LogP contribution in [0.3, 0.4) is 0 Å². The van der Waals surface area contributed by atoms with Crippen molar-refractivity contribution >= 4 is 41.3 Å². The van der Waals surface area contributed by atoms with Crippen LogP contribution in [-0.2, 0) is 4.79 Å². The SMILES string of the molecule is COc1ccc(-c2nc(C(N)C(=O)C3CSCN3)sc2-c2ccc(OC)cc2)cc1.Cl. The molecule has 0 saturated carbocycles. The molecule has 0 aliphatic carbocycles. The Morgan fingerprint density at radius 1 is 1.06 bits per heavy atom. The predicted molar refractivity (Wildman–Crippen MR) is 130 cm³/mol. The number of thiazole rings is 1. The molecule has 2 heterocycles. The van der Waals surface area contributed by atoms with Crippen LogP contribution in [0.5, 0.6) is 11.5 Å². The van der Waals surface area contributed by atoms with Crippen LogP contribution >= 0.6 is 35.5 Å². The van der Waals surface area contributed by atoms with Gasteiger partial charge in [-0.15, -0.1) is 35.5 Å². The molecule has 1 aromatic heterocycles. The summed E-state index contributed by atoms with van der Waals surface area (Å²) < 4.78 is 10.5. The van der Waals surface area contributed by atoms with E-state index in [1.165, 1.54) is 11.3 Å². The molecule has 0 spiro atoms. The van der Waals surface area contributed by atoms with E-state index in [1.807, 2.05) is 48.5 Å². The van der Waals surface area contributed by atoms with Gasteiger partial charge < -0.3 is 15.2 Å². The van der Waals surface area contributed by atoms with Crippen LogP contribution in [0.15, 0.2) is 48.5 Å². The van der Waals surface area contributed by atoms with Gasteiger partial charge in [0.15, 0.2) is 5.78 Å². The second kappa shape index (κ2) is 10.5. The largest absolute Gasteiger partial charge is 0.497 e. The Labute approximate surface area is 196 Å². The highest BCUT2D eigenvalue weighted by molar-refractivity contribution is 7.99. The Kier molecular flexibility index (Phi) is 7.96. The summed E-state index contributed by atoms with van der Waals surface area (Å²) in [5, 5.41) is 3.82. The van der Waals surface area contributed by atoms with Crippen molar-refractivity contribution in [1.82, 2.24) is 10.3 Å². The van der Waals surface area contributed by atoms with E-state index in [9.17, 15) is 4.79 Å². The van der Waals surface area contributed by atoms with Gasteiger partial charge in [-0.3, -0.25) is 10.1 Å². The van der Waals surface area contributed by atoms with Gasteiger partial charge in [0.25, 0.3) is 0 Å². The van der Waals surface area contributed by atoms with E-state index in [4.69, 9.17) is 20.2 Å². The normalized spacial score (nSPS) is 16.4. The Morgan fingerprint density at radius 2 is 1.65 bits per heavy atom. The highest BCUT2D eigenvalue weighted by atomic mass is 35.5. The third-order valence-electron chi connectivity index (χ3n) is 4.99. The minimum absolute atomic E-state index is 0. The van der Waals surface area contributed by atoms with Crippen molar-refractivity contribution in [3.8, 4) is 33.2 Å². The second-order valence-electron chi connectivity index (χ2n) is 6.84. The number of nitrogens with two attached hydrogens (primary N) is 1. The number of nitrogens with one attached hydrogen (secondary N) is 1. The van der Waals surface area contributed by atoms with Crippen molar-refractivity contribution < 1.29 is 14.3 Å². The van der Waals surface area contributed by atoms with E-state index < -0.39 is 6.04 Å². The summed E-state index contributed by atoms with van der Waals surface area (Å²) in [5.74, 6) is 3.06. The van der Waals surface area contributed by atoms with E-state index in [2.05, 4.69) is 5.32 Å². The van der Waals surface area contributed by atoms with Crippen LogP contribution in [0.25, 0.3) is 21.7 Å². The average molecular weight is 478 g/mol. The van der Waals surface area contributed by atoms with E-state index in [0.717, 1.165) is 44.8 Å². The molecule has 2 aromatic carbocycles. The first-order valence-electron chi connectivity index (χ1n) is 9.50. The third-order valence-corrected chi connectivity index (χ3v) is 7.12. The molecule has 3 N–H and O–H groups in total. The second-order valence-corrected chi connectivity index (χ2v) is 8.90. The third kappa shape index (κ3) is 5.05. The van der Waals surface area contributed by atoms with Crippen LogP contribution in [0.4, 0.5) is 0 Å². The molecule has 9 heteroatoms. The number of aromatic nitrogens is 1. The molecule has 0 bridgehead atoms. The summed E-state index contributed by atoms with van der Waals surface area (Å²) >= 11 is 3.17. The van der Waals surface area contributed by atoms with Crippen molar-refractivity contribution in [2.45, 2.75) is 12.1 Å². The minimum Gasteiger partial charge on any atom is -0.497 e. The zero-order valence-electron chi connectivity index (χ0n) is 17.2. The number of halogens is 1. The summed E-state index contributed by atoms with van der Waals surface area (Å²) in [5.41, 5.74) is 9.11. The van der Waals surface area contributed by atoms with Crippen LogP contribution in [0, 0.1) is 0 Å². The minimum atomic E-state index is -0.754. The lowest BCUT2D eigenvalue weighted by Gasteiger charge is -2.12. The van der Waals surface area contributed by atoms with Gasteiger partial charge in [0, 0.05) is 17.2 Å². The lowest BCUT2D eigenvalue weighted by molar-refractivity contribution is -0.121. The van der Waals surface area contributed by atoms with E-state index >= 15 is 0 Å². The summed E-state index contributed by atoms with van der Waals surface area (Å²) in [6.45, 7) is 0. The number of carbonyl (C=O) groups is 1. The molecule has 2 unspecified atom stereocenters. The number of ether oxygens (including phenoxy) is 2. The lowest BCUT2D eigenvalue weighted by Crippen LogP contribution is -2.39. The molecule has 3 aromatic rings. The number of benzene rings is 2. The Morgan fingerprint density at radius 3 is 2.16 bits per heavy atom. The van der Waals surface area contributed by atoms with Crippen LogP contribution < -0.4 is 20.5 Å². The van der Waals surface area contributed by atoms with Crippen molar-refractivity contribution in [2.75, 3.05) is 25.8 Å². The number of nitrogens with zero attached hydrogens (tertiary/aromatic N) is 1. The number of ketones is 1. The van der Waals surface area contributed by atoms with Gasteiger partial charge in [-0.05, 0) is 54.1 Å². The maximum atomic E-state index is 12.8. The smallest absolute Gasteiger partial charge is 0.174 e. The molecule has 31 heavy (non-hydrogen) atoms. The first-order valence-corrected chi connectivity index (χ1v) is 11.5. The van der Waals surface area contributed by atoms with E-state index in [-0.39, 0.29) is 24.2 Å². The Bertz CT molecular complexity index is 954. The topological polar surface area (TPSA) is 86.5 Å². The number of carbonyl (C=O) groups excluding carboxylic acids is 1. The first kappa shape index (κ1) is 23.6. The van der Waals surface area contributed by atoms with Crippen molar-refractivity contribution in [3.05, 3.63) is 53.5 Å². The van der Waals surface area contributed by atoms with Crippen molar-refractivity contribution in [1.29, 1.82) is 0 Å². The summed E-state index contributed by atoms with van der Waals surface area (Å²) in [4.78, 5) is 18.6. The van der Waals surface area contributed by atoms with E-state index in [0.29, 0.717) is 5.01 Å². The van der Waals surface area contributed by atoms with Crippen LogP contribution in [-0.4, -0.2) is 42.7 Å².